The van der Waals surface area contributed by atoms with Crippen LogP contribution in [0.1, 0.15) is 0 Å². The molecule has 0 N–H and O–H groups in total. The van der Waals surface area contributed by atoms with Crippen molar-refractivity contribution < 1.29 is 28.3 Å². The summed E-state index contributed by atoms with van der Waals surface area (Å²) >= 11 is 7.43. The first-order chi connectivity index (χ1) is 24.1. The molecule has 2 nitrogen and oxygen atoms in total. The Bertz CT molecular complexity index is 1610. The first-order valence-electron chi connectivity index (χ1n) is 15.0. The fourth-order valence-electron chi connectivity index (χ4n) is 4.93. The fourth-order valence-corrected chi connectivity index (χ4v) is 10.2. The van der Waals surface area contributed by atoms with Gasteiger partial charge in [-0.3, -0.25) is 4.39 Å². The van der Waals surface area contributed by atoms with E-state index in [1.165, 1.54) is 31.8 Å². The number of nitrogens with zero attached hydrogens (tertiary/aromatic N) is 2. The van der Waals surface area contributed by atoms with Gasteiger partial charge in [-0.25, -0.2) is 4.39 Å². The second-order valence-electron chi connectivity index (χ2n) is 10.2. The first-order valence-corrected chi connectivity index (χ1v) is 18.8. The molecule has 0 atom stereocenters. The molecule has 0 fully saturated rings. The van der Waals surface area contributed by atoms with Crippen molar-refractivity contribution in [1.82, 2.24) is 9.97 Å². The van der Waals surface area contributed by atoms with Crippen LogP contribution in [0.5, 0.6) is 0 Å². The monoisotopic (exact) mass is 752 g/mol. The summed E-state index contributed by atoms with van der Waals surface area (Å²) in [6, 6.07) is 65.0. The Kier molecular flexibility index (Phi) is 16.2. The molecule has 0 saturated heterocycles. The Morgan fingerprint density at radius 3 is 0.837 bits per heavy atom. The van der Waals surface area contributed by atoms with Gasteiger partial charge in [-0.05, 0) is 77.8 Å². The smallest absolute Gasteiger partial charge is 0.0620 e. The van der Waals surface area contributed by atoms with Crippen LogP contribution >= 0.6 is 27.4 Å². The number of hydrogen-bond donors (Lipinski definition) is 0. The molecule has 0 spiro atoms. The molecule has 0 unspecified atom stereocenters. The maximum Gasteiger partial charge on any atom is 0.102 e. The zero-order valence-electron chi connectivity index (χ0n) is 26.0. The third-order valence-corrected chi connectivity index (χ3v) is 12.7. The summed E-state index contributed by atoms with van der Waals surface area (Å²) in [5, 5.41) is 8.20. The third kappa shape index (κ3) is 11.7. The maximum absolute atomic E-state index is 12.0. The Morgan fingerprint density at radius 1 is 0.429 bits per heavy atom. The first kappa shape index (κ1) is 37.6. The largest absolute Gasteiger partial charge is 0.102 e. The molecule has 0 bridgehead atoms. The molecule has 1 heterocycles. The van der Waals surface area contributed by atoms with Crippen molar-refractivity contribution in [3.05, 3.63) is 205 Å². The predicted octanol–water partition coefficient (Wildman–Crippen LogP) is 7.98. The topological polar surface area (TPSA) is 25.8 Å². The molecule has 249 valence electrons. The van der Waals surface area contributed by atoms with Gasteiger partial charge in [-0.15, -0.1) is 11.6 Å². The van der Waals surface area contributed by atoms with Crippen molar-refractivity contribution in [3.8, 4) is 0 Å². The van der Waals surface area contributed by atoms with E-state index in [2.05, 4.69) is 208 Å². The van der Waals surface area contributed by atoms with Gasteiger partial charge >= 0.3 is 19.5 Å². The fraction of sp³-hybridized carbons (Fsp3) is 0. The minimum atomic E-state index is -1.17. The van der Waals surface area contributed by atoms with Gasteiger partial charge in [0.1, 0.15) is 37.8 Å². The van der Waals surface area contributed by atoms with Crippen LogP contribution in [0.4, 0.5) is 12.4 Å². The zero-order chi connectivity index (χ0) is 34.7. The standard InChI is InChI=1S/2C18H15P.C4ClF2N2.FH.Ni/c2*1-4-10-16(11-5-1)19(17-12-6-2-7-13-17)18-14-8-3-9-15-18;5-2-1-8-4(7)9-3(2)6;;/h2*1-15H;;1H;/q;;-1;;+1/p+1. The van der Waals surface area contributed by atoms with Gasteiger partial charge in [0.15, 0.2) is 6.08 Å². The van der Waals surface area contributed by atoms with Crippen molar-refractivity contribution in [2.24, 2.45) is 0 Å². The Labute approximate surface area is 301 Å². The van der Waals surface area contributed by atoms with E-state index in [0.29, 0.717) is 0 Å². The Hall–Kier alpha value is -4.17. The third-order valence-electron chi connectivity index (χ3n) is 6.99. The van der Waals surface area contributed by atoms with Gasteiger partial charge in [-0.2, -0.15) is 0 Å². The molecular formula is C40H32ClF3N2NiP2+. The van der Waals surface area contributed by atoms with E-state index in [1.54, 1.807) is 0 Å². The molecule has 0 saturated carbocycles. The van der Waals surface area contributed by atoms with E-state index >= 15 is 0 Å². The average Bonchev–Trinajstić information content (AvgIpc) is 3.18. The van der Waals surface area contributed by atoms with Crippen LogP contribution in [0.3, 0.4) is 0 Å². The zero-order valence-corrected chi connectivity index (χ0v) is 29.8. The summed E-state index contributed by atoms with van der Waals surface area (Å²) in [5.41, 5.74) is 0. The molecular weight excluding hydrogens is 722 g/mol. The number of benzene rings is 6. The van der Waals surface area contributed by atoms with Crippen LogP contribution in [-0.4, -0.2) is 9.97 Å². The van der Waals surface area contributed by atoms with Crippen molar-refractivity contribution in [2.45, 2.75) is 0 Å². The van der Waals surface area contributed by atoms with E-state index in [0.717, 1.165) is 0 Å². The number of halogens is 4. The van der Waals surface area contributed by atoms with Crippen LogP contribution in [0, 0.1) is 18.2 Å². The average molecular weight is 754 g/mol. The summed E-state index contributed by atoms with van der Waals surface area (Å²) in [5.74, 6) is -1.09. The van der Waals surface area contributed by atoms with Crippen LogP contribution in [0.15, 0.2) is 182 Å². The van der Waals surface area contributed by atoms with E-state index in [-0.39, 0.29) is 0 Å². The SMILES string of the molecule is Fc1n[c-]c(Cl)c(F)n1.[F][Ni].c1ccc([PH+](c2ccccc2)c2ccccc2)cc1.c1ccc([PH+](c2ccccc2)c2ccccc2)cc1. The summed E-state index contributed by atoms with van der Waals surface area (Å²) in [6.45, 7) is 0. The Morgan fingerprint density at radius 2 is 0.653 bits per heavy atom. The quantitative estimate of drug-likeness (QED) is 0.0567. The number of aromatic nitrogens is 2. The molecule has 49 heavy (non-hydrogen) atoms. The second kappa shape index (κ2) is 21.0. The number of hydrogen-bond acceptors (Lipinski definition) is 2. The van der Waals surface area contributed by atoms with Gasteiger partial charge in [0.05, 0.1) is 15.8 Å². The van der Waals surface area contributed by atoms with Gasteiger partial charge < -0.3 is 9.97 Å². The molecule has 1 aromatic heterocycles. The van der Waals surface area contributed by atoms with E-state index in [9.17, 15) is 8.78 Å². The molecule has 6 aromatic carbocycles. The van der Waals surface area contributed by atoms with Gasteiger partial charge in [-0.1, -0.05) is 115 Å². The summed E-state index contributed by atoms with van der Waals surface area (Å²) in [6.07, 6.45) is 0.701. The van der Waals surface area contributed by atoms with E-state index in [4.69, 9.17) is 15.2 Å². The molecule has 7 aromatic rings. The minimum Gasteiger partial charge on any atom is -0.0620 e. The molecule has 0 aliphatic heterocycles. The van der Waals surface area contributed by atoms with Crippen molar-refractivity contribution in [3.63, 3.8) is 0 Å². The van der Waals surface area contributed by atoms with Gasteiger partial charge in [0.25, 0.3) is 0 Å². The summed E-state index contributed by atoms with van der Waals surface area (Å²) < 4.78 is 32.9. The summed E-state index contributed by atoms with van der Waals surface area (Å²) in [7, 11) is -1.75. The van der Waals surface area contributed by atoms with Crippen LogP contribution in [0.2, 0.25) is 5.02 Å². The molecule has 0 aliphatic rings. The van der Waals surface area contributed by atoms with Crippen LogP contribution < -0.4 is 31.8 Å². The number of rotatable bonds is 6. The normalized spacial score (nSPS) is 10.1. The van der Waals surface area contributed by atoms with Gasteiger partial charge in [0, 0.05) is 0 Å². The molecule has 0 amide bonds. The van der Waals surface area contributed by atoms with Crippen LogP contribution in [-0.2, 0) is 15.9 Å². The Balaban J connectivity index is 0.000000171. The van der Waals surface area contributed by atoms with Gasteiger partial charge in [0.2, 0.25) is 0 Å². The minimum absolute atomic E-state index is 0.406. The summed E-state index contributed by atoms with van der Waals surface area (Å²) in [4.78, 5) is 5.53. The van der Waals surface area contributed by atoms with Crippen molar-refractivity contribution in [1.29, 1.82) is 0 Å². The van der Waals surface area contributed by atoms with Crippen LogP contribution in [0.25, 0.3) is 0 Å². The predicted molar refractivity (Wildman–Crippen MR) is 200 cm³/mol. The molecule has 0 aliphatic carbocycles. The van der Waals surface area contributed by atoms with E-state index in [1.807, 2.05) is 6.20 Å². The maximum atomic E-state index is 12.0. The molecule has 9 heteroatoms. The second-order valence-corrected chi connectivity index (χ2v) is 15.5. The van der Waals surface area contributed by atoms with E-state index < -0.39 is 32.9 Å². The van der Waals surface area contributed by atoms with Crippen molar-refractivity contribution in [2.75, 3.05) is 0 Å². The van der Waals surface area contributed by atoms with Crippen molar-refractivity contribution >= 4 is 59.3 Å². The molecule has 0 radical (unpaired) electrons. The molecule has 7 rings (SSSR count).